The highest BCUT2D eigenvalue weighted by molar-refractivity contribution is 5.78. The maximum Gasteiger partial charge on any atom is 0.225 e. The quantitative estimate of drug-likeness (QED) is 0.936. The third-order valence-electron chi connectivity index (χ3n) is 4.24. The third kappa shape index (κ3) is 3.88. The zero-order valence-electron chi connectivity index (χ0n) is 14.1. The molecule has 2 aromatic rings. The largest absolute Gasteiger partial charge is 0.342 e. The summed E-state index contributed by atoms with van der Waals surface area (Å²) in [7, 11) is 0. The Kier molecular flexibility index (Phi) is 5.03. The van der Waals surface area contributed by atoms with Crippen LogP contribution in [0.4, 0.5) is 11.6 Å². The number of hydrogen-bond acceptors (Lipinski definition) is 5. The smallest absolute Gasteiger partial charge is 0.225 e. The predicted octanol–water partition coefficient (Wildman–Crippen LogP) is 2.98. The summed E-state index contributed by atoms with van der Waals surface area (Å²) < 4.78 is 0. The van der Waals surface area contributed by atoms with Crippen LogP contribution in [0.5, 0.6) is 0 Å². The molecule has 1 atom stereocenters. The molecule has 3 rings (SSSR count). The van der Waals surface area contributed by atoms with Crippen LogP contribution >= 0.6 is 0 Å². The van der Waals surface area contributed by atoms with Crippen molar-refractivity contribution in [3.63, 3.8) is 0 Å². The van der Waals surface area contributed by atoms with Crippen LogP contribution in [-0.2, 0) is 4.79 Å². The van der Waals surface area contributed by atoms with E-state index >= 15 is 0 Å². The number of amides is 1. The Morgan fingerprint density at radius 2 is 2.08 bits per heavy atom. The molecule has 1 amide bonds. The van der Waals surface area contributed by atoms with Gasteiger partial charge >= 0.3 is 0 Å². The number of anilines is 2. The highest BCUT2D eigenvalue weighted by Gasteiger charge is 2.26. The average Bonchev–Trinajstić information content (AvgIpc) is 2.62. The normalized spacial score (nSPS) is 17.8. The molecule has 0 spiro atoms. The first-order chi connectivity index (χ1) is 11.6. The molecule has 0 unspecified atom stereocenters. The van der Waals surface area contributed by atoms with E-state index in [-0.39, 0.29) is 17.7 Å². The molecule has 1 saturated heterocycles. The molecule has 2 aromatic heterocycles. The van der Waals surface area contributed by atoms with Crippen molar-refractivity contribution in [2.75, 3.05) is 18.4 Å². The second-order valence-corrected chi connectivity index (χ2v) is 6.44. The molecule has 1 N–H and O–H groups in total. The minimum atomic E-state index is 0.0415. The van der Waals surface area contributed by atoms with E-state index in [1.54, 1.807) is 18.6 Å². The van der Waals surface area contributed by atoms with E-state index < -0.39 is 0 Å². The van der Waals surface area contributed by atoms with Crippen LogP contribution in [0.25, 0.3) is 0 Å². The number of pyridine rings is 1. The van der Waals surface area contributed by atoms with Crippen molar-refractivity contribution >= 4 is 17.5 Å². The predicted molar refractivity (Wildman–Crippen MR) is 92.9 cm³/mol. The maximum absolute atomic E-state index is 12.2. The summed E-state index contributed by atoms with van der Waals surface area (Å²) in [6.45, 7) is 5.48. The Bertz CT molecular complexity index is 672. The van der Waals surface area contributed by atoms with Crippen LogP contribution in [0.2, 0.25) is 0 Å². The van der Waals surface area contributed by atoms with Gasteiger partial charge in [0.05, 0.1) is 18.1 Å². The van der Waals surface area contributed by atoms with E-state index in [2.05, 4.69) is 20.3 Å². The fourth-order valence-corrected chi connectivity index (χ4v) is 2.97. The van der Waals surface area contributed by atoms with Crippen LogP contribution in [0.3, 0.4) is 0 Å². The highest BCUT2D eigenvalue weighted by atomic mass is 16.2. The second kappa shape index (κ2) is 7.38. The monoisotopic (exact) mass is 325 g/mol. The lowest BCUT2D eigenvalue weighted by atomic mass is 9.94. The van der Waals surface area contributed by atoms with Crippen LogP contribution in [0.15, 0.2) is 36.8 Å². The summed E-state index contributed by atoms with van der Waals surface area (Å²) in [5, 5.41) is 3.13. The highest BCUT2D eigenvalue weighted by Crippen LogP contribution is 2.26. The first-order valence-electron chi connectivity index (χ1n) is 8.42. The van der Waals surface area contributed by atoms with Gasteiger partial charge in [0, 0.05) is 31.1 Å². The first-order valence-corrected chi connectivity index (χ1v) is 8.42. The number of nitrogens with zero attached hydrogens (tertiary/aromatic N) is 4. The summed E-state index contributed by atoms with van der Waals surface area (Å²) in [6.07, 6.45) is 7.32. The lowest BCUT2D eigenvalue weighted by Crippen LogP contribution is -2.41. The van der Waals surface area contributed by atoms with Crippen molar-refractivity contribution < 1.29 is 4.79 Å². The molecule has 3 heterocycles. The van der Waals surface area contributed by atoms with Gasteiger partial charge in [-0.2, -0.15) is 0 Å². The molecule has 1 aliphatic rings. The lowest BCUT2D eigenvalue weighted by molar-refractivity contribution is -0.135. The Labute approximate surface area is 142 Å². The van der Waals surface area contributed by atoms with Crippen LogP contribution < -0.4 is 5.32 Å². The molecule has 24 heavy (non-hydrogen) atoms. The number of carbonyl (C=O) groups excluding carboxylic acids is 1. The standard InChI is InChI=1S/C18H23N5O/c1-13(2)18(24)23-9-5-6-14(12-23)15-10-21-17(11-20-15)22-16-7-3-4-8-19-16/h3-4,7-8,10-11,13-14H,5-6,9,12H2,1-2H3,(H,19,21,22)/t14-/m1/s1. The lowest BCUT2D eigenvalue weighted by Gasteiger charge is -2.33. The molecule has 1 fully saturated rings. The van der Waals surface area contributed by atoms with E-state index in [4.69, 9.17) is 0 Å². The van der Waals surface area contributed by atoms with Crippen molar-refractivity contribution in [1.29, 1.82) is 0 Å². The first kappa shape index (κ1) is 16.4. The van der Waals surface area contributed by atoms with E-state index in [1.807, 2.05) is 36.9 Å². The molecule has 0 aromatic carbocycles. The SMILES string of the molecule is CC(C)C(=O)N1CCC[C@@H](c2cnc(Nc3ccccn3)cn2)C1. The van der Waals surface area contributed by atoms with Gasteiger partial charge in [0.15, 0.2) is 0 Å². The third-order valence-corrected chi connectivity index (χ3v) is 4.24. The molecule has 0 saturated carbocycles. The molecule has 0 radical (unpaired) electrons. The number of nitrogens with one attached hydrogen (secondary N) is 1. The Balaban J connectivity index is 1.65. The minimum Gasteiger partial charge on any atom is -0.342 e. The summed E-state index contributed by atoms with van der Waals surface area (Å²) in [6, 6.07) is 5.67. The summed E-state index contributed by atoms with van der Waals surface area (Å²) in [4.78, 5) is 27.4. The second-order valence-electron chi connectivity index (χ2n) is 6.44. The molecular formula is C18H23N5O. The van der Waals surface area contributed by atoms with Gasteiger partial charge in [0.1, 0.15) is 11.6 Å². The molecule has 0 aliphatic carbocycles. The molecule has 1 aliphatic heterocycles. The number of hydrogen-bond donors (Lipinski definition) is 1. The van der Waals surface area contributed by atoms with Crippen molar-refractivity contribution in [1.82, 2.24) is 19.9 Å². The van der Waals surface area contributed by atoms with Gasteiger partial charge in [-0.25, -0.2) is 9.97 Å². The van der Waals surface area contributed by atoms with E-state index in [9.17, 15) is 4.79 Å². The van der Waals surface area contributed by atoms with E-state index in [1.165, 1.54) is 0 Å². The van der Waals surface area contributed by atoms with Crippen molar-refractivity contribution in [3.05, 3.63) is 42.5 Å². The van der Waals surface area contributed by atoms with Crippen LogP contribution in [0, 0.1) is 5.92 Å². The Morgan fingerprint density at radius 3 is 2.75 bits per heavy atom. The summed E-state index contributed by atoms with van der Waals surface area (Å²) in [5.74, 6) is 1.94. The van der Waals surface area contributed by atoms with Gasteiger partial charge in [-0.1, -0.05) is 19.9 Å². The molecule has 6 nitrogen and oxygen atoms in total. The fourth-order valence-electron chi connectivity index (χ4n) is 2.97. The van der Waals surface area contributed by atoms with E-state index in [0.717, 1.165) is 37.4 Å². The number of likely N-dealkylation sites (tertiary alicyclic amines) is 1. The molecule has 6 heteroatoms. The molecular weight excluding hydrogens is 302 g/mol. The van der Waals surface area contributed by atoms with Gasteiger partial charge in [0.25, 0.3) is 0 Å². The average molecular weight is 325 g/mol. The Morgan fingerprint density at radius 1 is 1.21 bits per heavy atom. The summed E-state index contributed by atoms with van der Waals surface area (Å²) in [5.41, 5.74) is 0.947. The maximum atomic E-state index is 12.2. The molecule has 0 bridgehead atoms. The van der Waals surface area contributed by atoms with Crippen LogP contribution in [0.1, 0.15) is 38.3 Å². The van der Waals surface area contributed by atoms with Crippen molar-refractivity contribution in [2.45, 2.75) is 32.6 Å². The van der Waals surface area contributed by atoms with Gasteiger partial charge < -0.3 is 10.2 Å². The van der Waals surface area contributed by atoms with Gasteiger partial charge in [-0.15, -0.1) is 0 Å². The number of aromatic nitrogens is 3. The number of piperidine rings is 1. The van der Waals surface area contributed by atoms with E-state index in [0.29, 0.717) is 5.82 Å². The van der Waals surface area contributed by atoms with Gasteiger partial charge in [-0.05, 0) is 25.0 Å². The van der Waals surface area contributed by atoms with Crippen molar-refractivity contribution in [2.24, 2.45) is 5.92 Å². The summed E-state index contributed by atoms with van der Waals surface area (Å²) >= 11 is 0. The number of rotatable bonds is 4. The fraction of sp³-hybridized carbons (Fsp3) is 0.444. The zero-order valence-corrected chi connectivity index (χ0v) is 14.1. The van der Waals surface area contributed by atoms with Crippen molar-refractivity contribution in [3.8, 4) is 0 Å². The Hall–Kier alpha value is -2.50. The zero-order chi connectivity index (χ0) is 16.9. The van der Waals surface area contributed by atoms with Crippen LogP contribution in [-0.4, -0.2) is 38.8 Å². The molecule has 126 valence electrons. The van der Waals surface area contributed by atoms with Gasteiger partial charge in [-0.3, -0.25) is 9.78 Å². The number of carbonyl (C=O) groups is 1. The topological polar surface area (TPSA) is 71.0 Å². The minimum absolute atomic E-state index is 0.0415. The van der Waals surface area contributed by atoms with Gasteiger partial charge in [0.2, 0.25) is 5.91 Å².